The SMILES string of the molecule is CN(C)CC#CCN1CCCC1=O.O=C(O)/C=C/C(=O)O. The van der Waals surface area contributed by atoms with Crippen LogP contribution >= 0.6 is 0 Å². The minimum absolute atomic E-state index is 0.249. The second-order valence-electron chi connectivity index (χ2n) is 4.52. The first kappa shape index (κ1) is 18.7. The summed E-state index contributed by atoms with van der Waals surface area (Å²) >= 11 is 0. The van der Waals surface area contributed by atoms with E-state index >= 15 is 0 Å². The summed E-state index contributed by atoms with van der Waals surface area (Å²) in [4.78, 5) is 34.1. The van der Waals surface area contributed by atoms with Gasteiger partial charge in [0.1, 0.15) is 0 Å². The maximum Gasteiger partial charge on any atom is 0.328 e. The summed E-state index contributed by atoms with van der Waals surface area (Å²) in [6.07, 6.45) is 2.81. The summed E-state index contributed by atoms with van der Waals surface area (Å²) in [5.41, 5.74) is 0. The topological polar surface area (TPSA) is 98.2 Å². The van der Waals surface area contributed by atoms with Crippen molar-refractivity contribution in [3.05, 3.63) is 12.2 Å². The molecule has 0 atom stereocenters. The lowest BCUT2D eigenvalue weighted by Gasteiger charge is -2.10. The summed E-state index contributed by atoms with van der Waals surface area (Å²) in [5, 5.41) is 15.6. The first-order valence-corrected chi connectivity index (χ1v) is 6.35. The summed E-state index contributed by atoms with van der Waals surface area (Å²) < 4.78 is 0. The summed E-state index contributed by atoms with van der Waals surface area (Å²) in [7, 11) is 3.96. The highest BCUT2D eigenvalue weighted by atomic mass is 16.4. The summed E-state index contributed by atoms with van der Waals surface area (Å²) in [5.74, 6) is 3.75. The molecule has 0 bridgehead atoms. The molecule has 0 aromatic carbocycles. The van der Waals surface area contributed by atoms with Crippen LogP contribution < -0.4 is 0 Å². The fraction of sp³-hybridized carbons (Fsp3) is 0.500. The third-order valence-electron chi connectivity index (χ3n) is 2.33. The Hall–Kier alpha value is -2.33. The largest absolute Gasteiger partial charge is 0.478 e. The molecule has 0 aliphatic carbocycles. The fourth-order valence-electron chi connectivity index (χ4n) is 1.38. The van der Waals surface area contributed by atoms with E-state index in [4.69, 9.17) is 10.2 Å². The predicted molar refractivity (Wildman–Crippen MR) is 76.6 cm³/mol. The molecule has 1 aliphatic rings. The number of hydrogen-bond donors (Lipinski definition) is 2. The van der Waals surface area contributed by atoms with Gasteiger partial charge in [-0.15, -0.1) is 0 Å². The molecular weight excluding hydrogens is 276 g/mol. The number of carboxylic acid groups (broad SMARTS) is 2. The van der Waals surface area contributed by atoms with Crippen LogP contribution in [0.1, 0.15) is 12.8 Å². The van der Waals surface area contributed by atoms with E-state index in [9.17, 15) is 14.4 Å². The zero-order valence-electron chi connectivity index (χ0n) is 12.2. The molecule has 2 N–H and O–H groups in total. The number of nitrogens with zero attached hydrogens (tertiary/aromatic N) is 2. The van der Waals surface area contributed by atoms with Crippen molar-refractivity contribution in [2.75, 3.05) is 33.7 Å². The number of carbonyl (C=O) groups is 3. The third-order valence-corrected chi connectivity index (χ3v) is 2.33. The molecule has 1 rings (SSSR count). The Balaban J connectivity index is 0.000000433. The molecule has 0 unspecified atom stereocenters. The molecule has 1 aliphatic heterocycles. The molecule has 7 nitrogen and oxygen atoms in total. The molecule has 1 saturated heterocycles. The van der Waals surface area contributed by atoms with Crippen LogP contribution in [0.2, 0.25) is 0 Å². The van der Waals surface area contributed by atoms with Gasteiger partial charge in [-0.2, -0.15) is 0 Å². The molecule has 0 radical (unpaired) electrons. The predicted octanol–water partition coefficient (Wildman–Crippen LogP) is -0.114. The molecule has 1 amide bonds. The van der Waals surface area contributed by atoms with Gasteiger partial charge in [0.25, 0.3) is 0 Å². The van der Waals surface area contributed by atoms with Gasteiger partial charge in [0.2, 0.25) is 5.91 Å². The molecule has 116 valence electrons. The van der Waals surface area contributed by atoms with E-state index in [0.29, 0.717) is 25.1 Å². The van der Waals surface area contributed by atoms with Crippen molar-refractivity contribution in [2.45, 2.75) is 12.8 Å². The highest BCUT2D eigenvalue weighted by Crippen LogP contribution is 2.07. The second kappa shape index (κ2) is 10.5. The van der Waals surface area contributed by atoms with Crippen LogP contribution in [0.15, 0.2) is 12.2 Å². The average molecular weight is 296 g/mol. The number of rotatable bonds is 4. The van der Waals surface area contributed by atoms with Gasteiger partial charge in [0.15, 0.2) is 0 Å². The Kier molecular flexibility index (Phi) is 9.30. The maximum atomic E-state index is 11.2. The van der Waals surface area contributed by atoms with Crippen LogP contribution in [0.25, 0.3) is 0 Å². The normalized spacial score (nSPS) is 13.7. The Morgan fingerprint density at radius 3 is 2.19 bits per heavy atom. The van der Waals surface area contributed by atoms with E-state index in [-0.39, 0.29) is 5.91 Å². The van der Waals surface area contributed by atoms with Crippen LogP contribution in [0.5, 0.6) is 0 Å². The third kappa shape index (κ3) is 11.2. The molecular formula is C14H20N2O5. The van der Waals surface area contributed by atoms with Crippen molar-refractivity contribution < 1.29 is 24.6 Å². The molecule has 7 heteroatoms. The number of hydrogen-bond acceptors (Lipinski definition) is 4. The van der Waals surface area contributed by atoms with Gasteiger partial charge in [0.05, 0.1) is 13.1 Å². The number of carbonyl (C=O) groups excluding carboxylic acids is 1. The van der Waals surface area contributed by atoms with Crippen molar-refractivity contribution in [1.82, 2.24) is 9.80 Å². The van der Waals surface area contributed by atoms with E-state index < -0.39 is 11.9 Å². The molecule has 0 aromatic heterocycles. The quantitative estimate of drug-likeness (QED) is 0.554. The number of likely N-dealkylation sites (tertiary alicyclic amines) is 1. The van der Waals surface area contributed by atoms with E-state index in [1.807, 2.05) is 23.9 Å². The smallest absolute Gasteiger partial charge is 0.328 e. The number of carboxylic acids is 2. The fourth-order valence-corrected chi connectivity index (χ4v) is 1.38. The number of aliphatic carboxylic acids is 2. The van der Waals surface area contributed by atoms with Crippen LogP contribution in [-0.2, 0) is 14.4 Å². The molecule has 1 heterocycles. The van der Waals surface area contributed by atoms with Gasteiger partial charge in [-0.3, -0.25) is 9.69 Å². The molecule has 21 heavy (non-hydrogen) atoms. The monoisotopic (exact) mass is 296 g/mol. The van der Waals surface area contributed by atoms with Gasteiger partial charge >= 0.3 is 11.9 Å². The Labute approximate surface area is 123 Å². The van der Waals surface area contributed by atoms with Crippen LogP contribution in [0.3, 0.4) is 0 Å². The lowest BCUT2D eigenvalue weighted by Crippen LogP contribution is -2.24. The molecule has 1 fully saturated rings. The van der Waals surface area contributed by atoms with Crippen molar-refractivity contribution in [1.29, 1.82) is 0 Å². The van der Waals surface area contributed by atoms with Crippen LogP contribution in [0, 0.1) is 11.8 Å². The van der Waals surface area contributed by atoms with Crippen molar-refractivity contribution in [2.24, 2.45) is 0 Å². The van der Waals surface area contributed by atoms with E-state index in [1.165, 1.54) is 0 Å². The molecule has 0 spiro atoms. The average Bonchev–Trinajstić information content (AvgIpc) is 2.78. The standard InChI is InChI=1S/C10H16N2O.C4H4O4/c1-11(2)7-3-4-8-12-9-5-6-10(12)13;5-3(6)1-2-4(7)8/h5-9H2,1-2H3;1-2H,(H,5,6)(H,7,8)/b;2-1+. The minimum atomic E-state index is -1.26. The van der Waals surface area contributed by atoms with Crippen LogP contribution in [0.4, 0.5) is 0 Å². The van der Waals surface area contributed by atoms with E-state index in [2.05, 4.69) is 11.8 Å². The van der Waals surface area contributed by atoms with Gasteiger partial charge in [-0.05, 0) is 20.5 Å². The molecule has 0 saturated carbocycles. The highest BCUT2D eigenvalue weighted by molar-refractivity contribution is 5.89. The lowest BCUT2D eigenvalue weighted by molar-refractivity contribution is -0.134. The lowest BCUT2D eigenvalue weighted by atomic mass is 10.4. The zero-order valence-corrected chi connectivity index (χ0v) is 12.2. The first-order chi connectivity index (χ1) is 9.82. The second-order valence-corrected chi connectivity index (χ2v) is 4.52. The minimum Gasteiger partial charge on any atom is -0.478 e. The zero-order chi connectivity index (χ0) is 16.3. The van der Waals surface area contributed by atoms with Crippen molar-refractivity contribution in [3.63, 3.8) is 0 Å². The maximum absolute atomic E-state index is 11.2. The van der Waals surface area contributed by atoms with Crippen molar-refractivity contribution >= 4 is 17.8 Å². The summed E-state index contributed by atoms with van der Waals surface area (Å²) in [6, 6.07) is 0. The van der Waals surface area contributed by atoms with Crippen LogP contribution in [-0.4, -0.2) is 71.6 Å². The Morgan fingerprint density at radius 2 is 1.81 bits per heavy atom. The van der Waals surface area contributed by atoms with E-state index in [1.54, 1.807) is 0 Å². The Bertz CT molecular complexity index is 444. The molecule has 0 aromatic rings. The van der Waals surface area contributed by atoms with Gasteiger partial charge in [-0.1, -0.05) is 11.8 Å². The first-order valence-electron chi connectivity index (χ1n) is 6.35. The van der Waals surface area contributed by atoms with E-state index in [0.717, 1.165) is 19.5 Å². The summed E-state index contributed by atoms with van der Waals surface area (Å²) in [6.45, 7) is 2.25. The van der Waals surface area contributed by atoms with Gasteiger partial charge in [0, 0.05) is 25.1 Å². The highest BCUT2D eigenvalue weighted by Gasteiger charge is 2.18. The van der Waals surface area contributed by atoms with Gasteiger partial charge in [-0.25, -0.2) is 9.59 Å². The Morgan fingerprint density at radius 1 is 1.24 bits per heavy atom. The van der Waals surface area contributed by atoms with Gasteiger partial charge < -0.3 is 15.1 Å². The van der Waals surface area contributed by atoms with Crippen molar-refractivity contribution in [3.8, 4) is 11.8 Å². The number of amides is 1.